The van der Waals surface area contributed by atoms with Crippen molar-refractivity contribution in [3.8, 4) is 5.75 Å². The van der Waals surface area contributed by atoms with Crippen molar-refractivity contribution in [3.63, 3.8) is 0 Å². The zero-order valence-corrected chi connectivity index (χ0v) is 20.8. The molecule has 3 aromatic carbocycles. The molecular weight excluding hydrogens is 503 g/mol. The van der Waals surface area contributed by atoms with E-state index >= 15 is 0 Å². The van der Waals surface area contributed by atoms with Crippen LogP contribution in [0.5, 0.6) is 5.75 Å². The van der Waals surface area contributed by atoms with Crippen LogP contribution in [0, 0.1) is 10.1 Å². The van der Waals surface area contributed by atoms with E-state index < -0.39 is 5.91 Å². The van der Waals surface area contributed by atoms with Gasteiger partial charge in [0.05, 0.1) is 16.7 Å². The van der Waals surface area contributed by atoms with Gasteiger partial charge in [0, 0.05) is 40.3 Å². The summed E-state index contributed by atoms with van der Waals surface area (Å²) in [5, 5.41) is 16.6. The lowest BCUT2D eigenvalue weighted by atomic mass is 10.1. The van der Waals surface area contributed by atoms with Crippen molar-refractivity contribution >= 4 is 46.7 Å². The lowest BCUT2D eigenvalue weighted by Crippen LogP contribution is -2.29. The van der Waals surface area contributed by atoms with Crippen LogP contribution in [0.4, 0.5) is 11.4 Å². The fourth-order valence-electron chi connectivity index (χ4n) is 3.97. The summed E-state index contributed by atoms with van der Waals surface area (Å²) in [7, 11) is 0. The van der Waals surface area contributed by atoms with Crippen LogP contribution in [0.1, 0.15) is 40.7 Å². The molecule has 1 amide bonds. The van der Waals surface area contributed by atoms with Crippen LogP contribution in [-0.4, -0.2) is 30.1 Å². The average molecular weight is 527 g/mol. The van der Waals surface area contributed by atoms with E-state index in [1.807, 2.05) is 4.90 Å². The standard InChI is InChI=1S/C26H24Cl2N4O4/c27-20-10-9-19(22(28)15-20)17-36-25-7-3-2-6-21(25)26(33)30-29-16-18-8-11-23(24(14-18)32(34)35)31-12-4-1-5-13-31/h2-3,6-11,14-16H,1,4-5,12-13,17H2,(H,30,33)/b29-16+. The van der Waals surface area contributed by atoms with Crippen molar-refractivity contribution in [2.45, 2.75) is 25.9 Å². The second-order valence-electron chi connectivity index (χ2n) is 8.27. The SMILES string of the molecule is O=C(N/N=C/c1ccc(N2CCCCC2)c([N+](=O)[O-])c1)c1ccccc1OCc1ccc(Cl)cc1Cl. The van der Waals surface area contributed by atoms with Gasteiger partial charge in [-0.2, -0.15) is 5.10 Å². The Bertz CT molecular complexity index is 1290. The van der Waals surface area contributed by atoms with E-state index in [0.29, 0.717) is 27.0 Å². The number of para-hydroxylation sites is 1. The number of amides is 1. The van der Waals surface area contributed by atoms with Gasteiger partial charge in [0.1, 0.15) is 18.0 Å². The summed E-state index contributed by atoms with van der Waals surface area (Å²) >= 11 is 12.1. The number of nitrogens with one attached hydrogen (secondary N) is 1. The highest BCUT2D eigenvalue weighted by molar-refractivity contribution is 6.35. The molecule has 0 bridgehead atoms. The summed E-state index contributed by atoms with van der Waals surface area (Å²) in [6.07, 6.45) is 4.55. The average Bonchev–Trinajstić information content (AvgIpc) is 2.88. The number of piperidine rings is 1. The normalized spacial score (nSPS) is 13.6. The van der Waals surface area contributed by atoms with E-state index in [0.717, 1.165) is 37.9 Å². The first-order valence-corrected chi connectivity index (χ1v) is 12.2. The smallest absolute Gasteiger partial charge is 0.293 e. The Hall–Kier alpha value is -3.62. The number of carbonyl (C=O) groups is 1. The van der Waals surface area contributed by atoms with Crippen molar-refractivity contribution < 1.29 is 14.5 Å². The number of halogens is 2. The summed E-state index contributed by atoms with van der Waals surface area (Å²) in [5.74, 6) is -0.124. The molecule has 1 heterocycles. The van der Waals surface area contributed by atoms with Gasteiger partial charge in [-0.1, -0.05) is 47.5 Å². The van der Waals surface area contributed by atoms with Crippen molar-refractivity contribution in [1.82, 2.24) is 5.43 Å². The molecule has 0 unspecified atom stereocenters. The first-order chi connectivity index (χ1) is 17.4. The molecule has 0 radical (unpaired) electrons. The predicted molar refractivity (Wildman–Crippen MR) is 141 cm³/mol. The minimum absolute atomic E-state index is 0.0202. The van der Waals surface area contributed by atoms with Crippen LogP contribution in [0.15, 0.2) is 65.8 Å². The highest BCUT2D eigenvalue weighted by atomic mass is 35.5. The Morgan fingerprint density at radius 2 is 1.86 bits per heavy atom. The van der Waals surface area contributed by atoms with E-state index in [1.165, 1.54) is 12.3 Å². The number of hydrogen-bond donors (Lipinski definition) is 1. The second-order valence-corrected chi connectivity index (χ2v) is 9.12. The zero-order valence-electron chi connectivity index (χ0n) is 19.3. The maximum absolute atomic E-state index is 12.8. The molecule has 10 heteroatoms. The Labute approximate surface area is 218 Å². The molecular formula is C26H24Cl2N4O4. The molecule has 8 nitrogen and oxygen atoms in total. The maximum Gasteiger partial charge on any atom is 0.293 e. The number of hydrazone groups is 1. The maximum atomic E-state index is 12.8. The summed E-state index contributed by atoms with van der Waals surface area (Å²) in [6, 6.07) is 16.8. The van der Waals surface area contributed by atoms with Crippen LogP contribution in [-0.2, 0) is 6.61 Å². The van der Waals surface area contributed by atoms with E-state index in [4.69, 9.17) is 27.9 Å². The monoisotopic (exact) mass is 526 g/mol. The van der Waals surface area contributed by atoms with Gasteiger partial charge in [-0.3, -0.25) is 14.9 Å². The summed E-state index contributed by atoms with van der Waals surface area (Å²) < 4.78 is 5.82. The molecule has 1 aliphatic rings. The fourth-order valence-corrected chi connectivity index (χ4v) is 4.43. The van der Waals surface area contributed by atoms with Gasteiger partial charge in [-0.05, 0) is 49.6 Å². The molecule has 3 aromatic rings. The van der Waals surface area contributed by atoms with E-state index in [9.17, 15) is 14.9 Å². The van der Waals surface area contributed by atoms with Gasteiger partial charge in [-0.15, -0.1) is 0 Å². The molecule has 36 heavy (non-hydrogen) atoms. The van der Waals surface area contributed by atoms with Gasteiger partial charge in [0.25, 0.3) is 11.6 Å². The van der Waals surface area contributed by atoms with Gasteiger partial charge < -0.3 is 9.64 Å². The molecule has 1 fully saturated rings. The fraction of sp³-hybridized carbons (Fsp3) is 0.231. The van der Waals surface area contributed by atoms with E-state index in [-0.39, 0.29) is 22.8 Å². The summed E-state index contributed by atoms with van der Waals surface area (Å²) in [6.45, 7) is 1.75. The first-order valence-electron chi connectivity index (χ1n) is 11.4. The van der Waals surface area contributed by atoms with Crippen molar-refractivity contribution in [2.75, 3.05) is 18.0 Å². The van der Waals surface area contributed by atoms with E-state index in [1.54, 1.807) is 54.6 Å². The largest absolute Gasteiger partial charge is 0.488 e. The molecule has 1 saturated heterocycles. The molecule has 0 aliphatic carbocycles. The second kappa shape index (κ2) is 11.9. The quantitative estimate of drug-likeness (QED) is 0.213. The van der Waals surface area contributed by atoms with Gasteiger partial charge >= 0.3 is 0 Å². The Morgan fingerprint density at radius 3 is 2.61 bits per heavy atom. The number of nitrogens with zero attached hydrogens (tertiary/aromatic N) is 3. The van der Waals surface area contributed by atoms with Crippen LogP contribution < -0.4 is 15.1 Å². The minimum atomic E-state index is -0.483. The van der Waals surface area contributed by atoms with Crippen molar-refractivity contribution in [3.05, 3.63) is 97.5 Å². The van der Waals surface area contributed by atoms with Crippen LogP contribution >= 0.6 is 23.2 Å². The lowest BCUT2D eigenvalue weighted by molar-refractivity contribution is -0.384. The minimum Gasteiger partial charge on any atom is -0.488 e. The number of anilines is 1. The summed E-state index contributed by atoms with van der Waals surface area (Å²) in [4.78, 5) is 26.1. The molecule has 186 valence electrons. The molecule has 0 atom stereocenters. The highest BCUT2D eigenvalue weighted by Gasteiger charge is 2.21. The van der Waals surface area contributed by atoms with Gasteiger partial charge in [0.15, 0.2) is 0 Å². The van der Waals surface area contributed by atoms with Crippen LogP contribution in [0.25, 0.3) is 0 Å². The molecule has 1 aliphatic heterocycles. The Balaban J connectivity index is 1.43. The zero-order chi connectivity index (χ0) is 25.5. The number of benzene rings is 3. The molecule has 1 N–H and O–H groups in total. The Kier molecular flexibility index (Phi) is 8.40. The third-order valence-corrected chi connectivity index (χ3v) is 6.39. The number of nitro benzene ring substituents is 1. The number of ether oxygens (including phenoxy) is 1. The van der Waals surface area contributed by atoms with Crippen LogP contribution in [0.3, 0.4) is 0 Å². The molecule has 0 saturated carbocycles. The van der Waals surface area contributed by atoms with Crippen molar-refractivity contribution in [2.24, 2.45) is 5.10 Å². The number of hydrogen-bond acceptors (Lipinski definition) is 6. The topological polar surface area (TPSA) is 97.1 Å². The third kappa shape index (κ3) is 6.33. The predicted octanol–water partition coefficient (Wildman–Crippen LogP) is 6.23. The van der Waals surface area contributed by atoms with Gasteiger partial charge in [0.2, 0.25) is 0 Å². The molecule has 4 rings (SSSR count). The van der Waals surface area contributed by atoms with Crippen LogP contribution in [0.2, 0.25) is 10.0 Å². The van der Waals surface area contributed by atoms with Crippen molar-refractivity contribution in [1.29, 1.82) is 0 Å². The number of rotatable bonds is 8. The first kappa shape index (κ1) is 25.5. The van der Waals surface area contributed by atoms with Gasteiger partial charge in [-0.25, -0.2) is 5.43 Å². The highest BCUT2D eigenvalue weighted by Crippen LogP contribution is 2.31. The lowest BCUT2D eigenvalue weighted by Gasteiger charge is -2.28. The number of carbonyl (C=O) groups excluding carboxylic acids is 1. The molecule has 0 aromatic heterocycles. The molecule has 0 spiro atoms. The third-order valence-electron chi connectivity index (χ3n) is 5.80. The van der Waals surface area contributed by atoms with E-state index in [2.05, 4.69) is 10.5 Å². The Morgan fingerprint density at radius 1 is 1.08 bits per heavy atom. The number of nitro groups is 1. The summed E-state index contributed by atoms with van der Waals surface area (Å²) in [5.41, 5.74) is 4.60.